The van der Waals surface area contributed by atoms with E-state index >= 15 is 0 Å². The van der Waals surface area contributed by atoms with Crippen molar-refractivity contribution in [3.63, 3.8) is 0 Å². The van der Waals surface area contributed by atoms with Gasteiger partial charge < -0.3 is 9.15 Å². The molecule has 18 heavy (non-hydrogen) atoms. The highest BCUT2D eigenvalue weighted by molar-refractivity contribution is 9.10. The lowest BCUT2D eigenvalue weighted by atomic mass is 10.1. The van der Waals surface area contributed by atoms with Gasteiger partial charge in [0.2, 0.25) is 0 Å². The number of fused-ring (bicyclic) bond motifs is 1. The number of hydrogen-bond donors (Lipinski definition) is 0. The van der Waals surface area contributed by atoms with Gasteiger partial charge in [-0.05, 0) is 36.4 Å². The molecule has 0 aliphatic heterocycles. The molecule has 0 aliphatic rings. The number of benzene rings is 2. The first-order valence-electron chi connectivity index (χ1n) is 5.60. The van der Waals surface area contributed by atoms with E-state index in [2.05, 4.69) is 15.9 Å². The molecule has 1 aromatic heterocycles. The van der Waals surface area contributed by atoms with E-state index in [4.69, 9.17) is 9.15 Å². The minimum Gasteiger partial charge on any atom is -0.497 e. The molecule has 0 saturated heterocycles. The Morgan fingerprint density at radius 3 is 2.78 bits per heavy atom. The highest BCUT2D eigenvalue weighted by atomic mass is 79.9. The van der Waals surface area contributed by atoms with Crippen molar-refractivity contribution in [2.75, 3.05) is 7.11 Å². The van der Waals surface area contributed by atoms with Crippen molar-refractivity contribution in [1.82, 2.24) is 0 Å². The standard InChI is InChI=1S/C15H11BrO2/c1-17-13-4-2-3-10(8-13)15-9-11-7-12(16)5-6-14(11)18-15/h2-9H,1H3. The van der Waals surface area contributed by atoms with Crippen LogP contribution in [0.5, 0.6) is 5.75 Å². The maximum Gasteiger partial charge on any atom is 0.135 e. The molecule has 0 aliphatic carbocycles. The summed E-state index contributed by atoms with van der Waals surface area (Å²) >= 11 is 3.46. The van der Waals surface area contributed by atoms with Crippen molar-refractivity contribution >= 4 is 26.9 Å². The summed E-state index contributed by atoms with van der Waals surface area (Å²) in [5.41, 5.74) is 1.90. The SMILES string of the molecule is COc1cccc(-c2cc3cc(Br)ccc3o2)c1. The fraction of sp³-hybridized carbons (Fsp3) is 0.0667. The molecule has 1 heterocycles. The zero-order valence-electron chi connectivity index (χ0n) is 9.81. The van der Waals surface area contributed by atoms with Crippen LogP contribution in [0.2, 0.25) is 0 Å². The lowest BCUT2D eigenvalue weighted by Gasteiger charge is -2.01. The average Bonchev–Trinajstić information content (AvgIpc) is 2.81. The molecule has 0 fully saturated rings. The summed E-state index contributed by atoms with van der Waals surface area (Å²) in [6.07, 6.45) is 0. The van der Waals surface area contributed by atoms with Crippen molar-refractivity contribution < 1.29 is 9.15 Å². The van der Waals surface area contributed by atoms with E-state index in [0.29, 0.717) is 0 Å². The molecule has 3 heteroatoms. The van der Waals surface area contributed by atoms with Gasteiger partial charge in [-0.15, -0.1) is 0 Å². The van der Waals surface area contributed by atoms with E-state index in [1.54, 1.807) is 7.11 Å². The van der Waals surface area contributed by atoms with Gasteiger partial charge in [-0.25, -0.2) is 0 Å². The van der Waals surface area contributed by atoms with Gasteiger partial charge in [-0.1, -0.05) is 28.1 Å². The van der Waals surface area contributed by atoms with E-state index in [0.717, 1.165) is 32.5 Å². The molecule has 0 N–H and O–H groups in total. The van der Waals surface area contributed by atoms with Crippen LogP contribution in [0.15, 0.2) is 57.4 Å². The van der Waals surface area contributed by atoms with Crippen LogP contribution < -0.4 is 4.74 Å². The van der Waals surface area contributed by atoms with Gasteiger partial charge in [0, 0.05) is 15.4 Å². The minimum absolute atomic E-state index is 0.828. The molecule has 0 amide bonds. The Hall–Kier alpha value is -1.74. The Balaban J connectivity index is 2.13. The third kappa shape index (κ3) is 2.02. The van der Waals surface area contributed by atoms with Gasteiger partial charge in [-0.2, -0.15) is 0 Å². The van der Waals surface area contributed by atoms with Crippen molar-refractivity contribution in [3.05, 3.63) is 53.0 Å². The maximum absolute atomic E-state index is 5.83. The Kier molecular flexibility index (Phi) is 2.84. The molecular weight excluding hydrogens is 292 g/mol. The maximum atomic E-state index is 5.83. The van der Waals surface area contributed by atoms with Gasteiger partial charge in [0.25, 0.3) is 0 Å². The van der Waals surface area contributed by atoms with E-state index in [9.17, 15) is 0 Å². The fourth-order valence-corrected chi connectivity index (χ4v) is 2.31. The second-order valence-electron chi connectivity index (χ2n) is 4.02. The number of hydrogen-bond acceptors (Lipinski definition) is 2. The molecule has 3 rings (SSSR count). The predicted molar refractivity (Wildman–Crippen MR) is 75.9 cm³/mol. The fourth-order valence-electron chi connectivity index (χ4n) is 1.93. The monoisotopic (exact) mass is 302 g/mol. The van der Waals surface area contributed by atoms with Crippen molar-refractivity contribution in [1.29, 1.82) is 0 Å². The van der Waals surface area contributed by atoms with Crippen LogP contribution in [0.25, 0.3) is 22.3 Å². The lowest BCUT2D eigenvalue weighted by Crippen LogP contribution is -1.82. The van der Waals surface area contributed by atoms with Crippen LogP contribution in [0.3, 0.4) is 0 Å². The summed E-state index contributed by atoms with van der Waals surface area (Å²) < 4.78 is 12.1. The van der Waals surface area contributed by atoms with Crippen LogP contribution in [-0.2, 0) is 0 Å². The zero-order chi connectivity index (χ0) is 12.5. The number of ether oxygens (including phenoxy) is 1. The summed E-state index contributed by atoms with van der Waals surface area (Å²) in [6.45, 7) is 0. The second-order valence-corrected chi connectivity index (χ2v) is 4.94. The Bertz CT molecular complexity index is 701. The first-order valence-corrected chi connectivity index (χ1v) is 6.39. The Morgan fingerprint density at radius 2 is 1.94 bits per heavy atom. The van der Waals surface area contributed by atoms with Gasteiger partial charge in [0.05, 0.1) is 7.11 Å². The Morgan fingerprint density at radius 1 is 1.06 bits per heavy atom. The number of methoxy groups -OCH3 is 1. The Labute approximate surface area is 113 Å². The van der Waals surface area contributed by atoms with Crippen molar-refractivity contribution in [2.45, 2.75) is 0 Å². The molecular formula is C15H11BrO2. The summed E-state index contributed by atoms with van der Waals surface area (Å²) in [4.78, 5) is 0. The molecule has 90 valence electrons. The van der Waals surface area contributed by atoms with E-state index in [1.165, 1.54) is 0 Å². The zero-order valence-corrected chi connectivity index (χ0v) is 11.4. The topological polar surface area (TPSA) is 22.4 Å². The third-order valence-corrected chi connectivity index (χ3v) is 3.33. The summed E-state index contributed by atoms with van der Waals surface area (Å²) in [5.74, 6) is 1.68. The lowest BCUT2D eigenvalue weighted by molar-refractivity contribution is 0.415. The number of halogens is 1. The molecule has 2 aromatic carbocycles. The minimum atomic E-state index is 0.828. The molecule has 0 atom stereocenters. The van der Waals surface area contributed by atoms with Crippen LogP contribution in [0.1, 0.15) is 0 Å². The van der Waals surface area contributed by atoms with E-state index < -0.39 is 0 Å². The van der Waals surface area contributed by atoms with Crippen LogP contribution >= 0.6 is 15.9 Å². The molecule has 0 spiro atoms. The van der Waals surface area contributed by atoms with E-state index in [-0.39, 0.29) is 0 Å². The molecule has 0 saturated carbocycles. The quantitative estimate of drug-likeness (QED) is 0.674. The molecule has 0 bridgehead atoms. The second kappa shape index (κ2) is 4.50. The summed E-state index contributed by atoms with van der Waals surface area (Å²) in [6, 6.07) is 15.9. The van der Waals surface area contributed by atoms with Gasteiger partial charge >= 0.3 is 0 Å². The van der Waals surface area contributed by atoms with Crippen molar-refractivity contribution in [2.24, 2.45) is 0 Å². The third-order valence-electron chi connectivity index (χ3n) is 2.83. The molecule has 0 radical (unpaired) electrons. The van der Waals surface area contributed by atoms with E-state index in [1.807, 2.05) is 48.5 Å². The summed E-state index contributed by atoms with van der Waals surface area (Å²) in [5, 5.41) is 1.09. The first kappa shape index (κ1) is 11.4. The normalized spacial score (nSPS) is 10.8. The van der Waals surface area contributed by atoms with Gasteiger partial charge in [0.1, 0.15) is 17.1 Å². The highest BCUT2D eigenvalue weighted by Gasteiger charge is 2.07. The van der Waals surface area contributed by atoms with Crippen LogP contribution in [0, 0.1) is 0 Å². The number of furan rings is 1. The largest absolute Gasteiger partial charge is 0.497 e. The highest BCUT2D eigenvalue weighted by Crippen LogP contribution is 2.31. The summed E-state index contributed by atoms with van der Waals surface area (Å²) in [7, 11) is 1.66. The molecule has 0 unspecified atom stereocenters. The van der Waals surface area contributed by atoms with Crippen LogP contribution in [0.4, 0.5) is 0 Å². The van der Waals surface area contributed by atoms with Gasteiger partial charge in [0.15, 0.2) is 0 Å². The predicted octanol–water partition coefficient (Wildman–Crippen LogP) is 4.87. The average molecular weight is 303 g/mol. The smallest absolute Gasteiger partial charge is 0.135 e. The van der Waals surface area contributed by atoms with Gasteiger partial charge in [-0.3, -0.25) is 0 Å². The molecule has 3 aromatic rings. The molecule has 2 nitrogen and oxygen atoms in total. The van der Waals surface area contributed by atoms with Crippen molar-refractivity contribution in [3.8, 4) is 17.1 Å². The first-order chi connectivity index (χ1) is 8.76. The van der Waals surface area contributed by atoms with Crippen LogP contribution in [-0.4, -0.2) is 7.11 Å². The number of rotatable bonds is 2.